The number of carbonyl (C=O) groups is 3. The molecule has 1 aliphatic heterocycles. The van der Waals surface area contributed by atoms with E-state index in [4.69, 9.17) is 4.74 Å². The summed E-state index contributed by atoms with van der Waals surface area (Å²) in [5.74, 6) is -0.757. The average Bonchev–Trinajstić information content (AvgIpc) is 2.86. The number of esters is 1. The highest BCUT2D eigenvalue weighted by Crippen LogP contribution is 2.29. The lowest BCUT2D eigenvalue weighted by molar-refractivity contribution is -0.147. The topological polar surface area (TPSA) is 72.9 Å². The van der Waals surface area contributed by atoms with Crippen LogP contribution in [-0.2, 0) is 9.53 Å². The molecule has 1 aliphatic rings. The minimum atomic E-state index is -0.750. The molecule has 0 bridgehead atoms. The summed E-state index contributed by atoms with van der Waals surface area (Å²) in [7, 11) is 1.29. The van der Waals surface area contributed by atoms with Gasteiger partial charge in [0.1, 0.15) is 5.75 Å². The molecule has 122 valence electrons. The highest BCUT2D eigenvalue weighted by molar-refractivity contribution is 6.34. The van der Waals surface area contributed by atoms with Crippen molar-refractivity contribution < 1.29 is 23.9 Å². The van der Waals surface area contributed by atoms with E-state index in [1.54, 1.807) is 55.5 Å². The Labute approximate surface area is 138 Å². The molecule has 2 aromatic carbocycles. The number of hydrogen-bond donors (Lipinski definition) is 0. The van der Waals surface area contributed by atoms with Crippen LogP contribution in [0.25, 0.3) is 0 Å². The van der Waals surface area contributed by atoms with Gasteiger partial charge in [-0.15, -0.1) is 0 Å². The van der Waals surface area contributed by atoms with Crippen molar-refractivity contribution in [2.24, 2.45) is 0 Å². The monoisotopic (exact) mass is 325 g/mol. The number of amides is 2. The summed E-state index contributed by atoms with van der Waals surface area (Å²) in [5.41, 5.74) is 1.23. The molecule has 0 aliphatic carbocycles. The molecule has 1 atom stereocenters. The summed E-state index contributed by atoms with van der Waals surface area (Å²) in [6, 6.07) is 13.1. The van der Waals surface area contributed by atoms with Gasteiger partial charge in [-0.25, -0.2) is 9.69 Å². The summed E-state index contributed by atoms with van der Waals surface area (Å²) in [6.45, 7) is 1.57. The van der Waals surface area contributed by atoms with Gasteiger partial charge in [0.25, 0.3) is 11.8 Å². The van der Waals surface area contributed by atoms with Crippen molar-refractivity contribution in [2.75, 3.05) is 12.0 Å². The lowest BCUT2D eigenvalue weighted by atomic mass is 10.1. The fourth-order valence-electron chi connectivity index (χ4n) is 2.52. The molecule has 6 nitrogen and oxygen atoms in total. The molecule has 0 spiro atoms. The smallest absolute Gasteiger partial charge is 0.346 e. The fourth-order valence-corrected chi connectivity index (χ4v) is 2.52. The van der Waals surface area contributed by atoms with Gasteiger partial charge in [0.15, 0.2) is 6.10 Å². The molecule has 6 heteroatoms. The summed E-state index contributed by atoms with van der Waals surface area (Å²) >= 11 is 0. The average molecular weight is 325 g/mol. The molecule has 24 heavy (non-hydrogen) atoms. The Kier molecular flexibility index (Phi) is 4.04. The maximum absolute atomic E-state index is 12.4. The molecule has 0 saturated heterocycles. The SMILES string of the molecule is COC(=O)[C@@H](C)Oc1ccc(N2C(=O)c3ccccc3C2=O)cc1. The molecule has 0 N–H and O–H groups in total. The minimum absolute atomic E-state index is 0.354. The van der Waals surface area contributed by atoms with Crippen LogP contribution in [0, 0.1) is 0 Å². The first-order valence-electron chi connectivity index (χ1n) is 7.35. The fraction of sp³-hybridized carbons (Fsp3) is 0.167. The zero-order valence-corrected chi connectivity index (χ0v) is 13.2. The molecule has 0 aromatic heterocycles. The number of methoxy groups -OCH3 is 1. The number of imide groups is 1. The molecular formula is C18H15NO5. The standard InChI is InChI=1S/C18H15NO5/c1-11(18(22)23-2)24-13-9-7-12(8-10-13)19-16(20)14-5-3-4-6-15(14)17(19)21/h3-11H,1-2H3/t11-/m1/s1. The molecule has 2 aromatic rings. The van der Waals surface area contributed by atoms with Crippen molar-refractivity contribution in [1.82, 2.24) is 0 Å². The molecule has 0 saturated carbocycles. The van der Waals surface area contributed by atoms with E-state index in [2.05, 4.69) is 4.74 Å². The Hall–Kier alpha value is -3.15. The van der Waals surface area contributed by atoms with Crippen LogP contribution in [-0.4, -0.2) is 31.0 Å². The van der Waals surface area contributed by atoms with Gasteiger partial charge in [-0.1, -0.05) is 12.1 Å². The van der Waals surface area contributed by atoms with Crippen molar-refractivity contribution in [3.05, 3.63) is 59.7 Å². The number of fused-ring (bicyclic) bond motifs is 1. The minimum Gasteiger partial charge on any atom is -0.479 e. The van der Waals surface area contributed by atoms with Crippen molar-refractivity contribution >= 4 is 23.5 Å². The number of hydrogen-bond acceptors (Lipinski definition) is 5. The zero-order valence-electron chi connectivity index (χ0n) is 13.2. The first-order chi connectivity index (χ1) is 11.5. The van der Waals surface area contributed by atoms with E-state index < -0.39 is 12.1 Å². The Morgan fingerprint density at radius 3 is 2.00 bits per heavy atom. The number of rotatable bonds is 4. The van der Waals surface area contributed by atoms with E-state index >= 15 is 0 Å². The van der Waals surface area contributed by atoms with Crippen LogP contribution in [0.15, 0.2) is 48.5 Å². The molecule has 1 heterocycles. The second-order valence-corrected chi connectivity index (χ2v) is 5.27. The van der Waals surface area contributed by atoms with Crippen LogP contribution in [0.3, 0.4) is 0 Å². The quantitative estimate of drug-likeness (QED) is 0.637. The lowest BCUT2D eigenvalue weighted by Crippen LogP contribution is -2.29. The summed E-state index contributed by atoms with van der Waals surface area (Å²) in [5, 5.41) is 0. The third-order valence-electron chi connectivity index (χ3n) is 3.73. The van der Waals surface area contributed by atoms with Gasteiger partial charge in [0.2, 0.25) is 0 Å². The van der Waals surface area contributed by atoms with E-state index in [0.717, 1.165) is 4.90 Å². The Morgan fingerprint density at radius 2 is 1.50 bits per heavy atom. The number of ether oxygens (including phenoxy) is 2. The molecule has 0 unspecified atom stereocenters. The van der Waals surface area contributed by atoms with Gasteiger partial charge in [-0.05, 0) is 43.3 Å². The Balaban J connectivity index is 1.81. The van der Waals surface area contributed by atoms with Crippen LogP contribution >= 0.6 is 0 Å². The van der Waals surface area contributed by atoms with E-state index in [9.17, 15) is 14.4 Å². The van der Waals surface area contributed by atoms with Gasteiger partial charge in [0, 0.05) is 0 Å². The van der Waals surface area contributed by atoms with Crippen molar-refractivity contribution in [2.45, 2.75) is 13.0 Å². The molecule has 0 fully saturated rings. The van der Waals surface area contributed by atoms with Crippen molar-refractivity contribution in [3.63, 3.8) is 0 Å². The number of carbonyl (C=O) groups excluding carboxylic acids is 3. The van der Waals surface area contributed by atoms with Crippen LogP contribution in [0.5, 0.6) is 5.75 Å². The first kappa shape index (κ1) is 15.7. The molecular weight excluding hydrogens is 310 g/mol. The van der Waals surface area contributed by atoms with Crippen molar-refractivity contribution in [1.29, 1.82) is 0 Å². The normalized spacial score (nSPS) is 14.3. The molecule has 2 amide bonds. The Morgan fingerprint density at radius 1 is 0.958 bits per heavy atom. The molecule has 3 rings (SSSR count). The largest absolute Gasteiger partial charge is 0.479 e. The van der Waals surface area contributed by atoms with E-state index in [1.807, 2.05) is 0 Å². The maximum atomic E-state index is 12.4. The zero-order chi connectivity index (χ0) is 17.3. The number of benzene rings is 2. The predicted molar refractivity (Wildman–Crippen MR) is 86.1 cm³/mol. The van der Waals surface area contributed by atoms with Crippen molar-refractivity contribution in [3.8, 4) is 5.75 Å². The number of anilines is 1. The maximum Gasteiger partial charge on any atom is 0.346 e. The first-order valence-corrected chi connectivity index (χ1v) is 7.35. The summed E-state index contributed by atoms with van der Waals surface area (Å²) in [4.78, 5) is 37.3. The van der Waals surface area contributed by atoms with Crippen LogP contribution in [0.2, 0.25) is 0 Å². The highest BCUT2D eigenvalue weighted by atomic mass is 16.6. The van der Waals surface area contributed by atoms with E-state index in [0.29, 0.717) is 22.6 Å². The van der Waals surface area contributed by atoms with Gasteiger partial charge in [0.05, 0.1) is 23.9 Å². The third kappa shape index (κ3) is 2.62. The van der Waals surface area contributed by atoms with Gasteiger partial charge < -0.3 is 9.47 Å². The summed E-state index contributed by atoms with van der Waals surface area (Å²) < 4.78 is 10.0. The second kappa shape index (κ2) is 6.16. The third-order valence-corrected chi connectivity index (χ3v) is 3.73. The van der Waals surface area contributed by atoms with Gasteiger partial charge >= 0.3 is 5.97 Å². The van der Waals surface area contributed by atoms with E-state index in [1.165, 1.54) is 7.11 Å². The van der Waals surface area contributed by atoms with Gasteiger partial charge in [-0.3, -0.25) is 9.59 Å². The van der Waals surface area contributed by atoms with Gasteiger partial charge in [-0.2, -0.15) is 0 Å². The lowest BCUT2D eigenvalue weighted by Gasteiger charge is -2.16. The predicted octanol–water partition coefficient (Wildman–Crippen LogP) is 2.43. The Bertz CT molecular complexity index is 777. The van der Waals surface area contributed by atoms with Crippen LogP contribution in [0.1, 0.15) is 27.6 Å². The summed E-state index contributed by atoms with van der Waals surface area (Å²) in [6.07, 6.45) is -0.750. The van der Waals surface area contributed by atoms with Crippen LogP contribution in [0.4, 0.5) is 5.69 Å². The number of nitrogens with zero attached hydrogens (tertiary/aromatic N) is 1. The van der Waals surface area contributed by atoms with Crippen LogP contribution < -0.4 is 9.64 Å². The van der Waals surface area contributed by atoms with E-state index in [-0.39, 0.29) is 11.8 Å². The molecule has 0 radical (unpaired) electrons. The highest BCUT2D eigenvalue weighted by Gasteiger charge is 2.36. The second-order valence-electron chi connectivity index (χ2n) is 5.27.